The van der Waals surface area contributed by atoms with Gasteiger partial charge in [0.25, 0.3) is 0 Å². The van der Waals surface area contributed by atoms with E-state index in [1.54, 1.807) is 38.4 Å². The molecule has 1 amide bonds. The van der Waals surface area contributed by atoms with E-state index >= 15 is 0 Å². The maximum absolute atomic E-state index is 13.4. The van der Waals surface area contributed by atoms with Crippen LogP contribution in [-0.4, -0.2) is 11.1 Å². The van der Waals surface area contributed by atoms with Crippen LogP contribution in [0.1, 0.15) is 23.6 Å². The predicted octanol–water partition coefficient (Wildman–Crippen LogP) is 2.13. The van der Waals surface area contributed by atoms with E-state index in [2.05, 4.69) is 0 Å². The lowest BCUT2D eigenvalue weighted by Crippen LogP contribution is -2.27. The van der Waals surface area contributed by atoms with Crippen LogP contribution in [0.15, 0.2) is 12.1 Å². The van der Waals surface area contributed by atoms with Crippen molar-refractivity contribution in [3.63, 3.8) is 0 Å². The Morgan fingerprint density at radius 2 is 1.94 bits per heavy atom. The number of nitrogens with one attached hydrogen (secondary N) is 1. The molecule has 0 aliphatic rings. The van der Waals surface area contributed by atoms with Crippen LogP contribution < -0.4 is 5.48 Å². The minimum atomic E-state index is -0.431. The molecule has 0 aliphatic heterocycles. The van der Waals surface area contributed by atoms with Gasteiger partial charge < -0.3 is 0 Å². The van der Waals surface area contributed by atoms with Crippen LogP contribution in [0, 0.1) is 25.6 Å². The van der Waals surface area contributed by atoms with Crippen LogP contribution in [0.4, 0.5) is 4.39 Å². The van der Waals surface area contributed by atoms with E-state index in [9.17, 15) is 9.18 Å². The summed E-state index contributed by atoms with van der Waals surface area (Å²) >= 11 is 0. The Morgan fingerprint density at radius 3 is 2.38 bits per heavy atom. The fourth-order valence-electron chi connectivity index (χ4n) is 1.71. The fourth-order valence-corrected chi connectivity index (χ4v) is 1.71. The normalized spacial score (nSPS) is 12.3. The molecule has 0 fully saturated rings. The molecule has 0 aliphatic carbocycles. The summed E-state index contributed by atoms with van der Waals surface area (Å²) in [6, 6.07) is 3.45. The summed E-state index contributed by atoms with van der Waals surface area (Å²) in [4.78, 5) is 11.1. The first-order chi connectivity index (χ1) is 7.45. The average molecular weight is 225 g/mol. The molecule has 1 rings (SSSR count). The molecule has 88 valence electrons. The highest BCUT2D eigenvalue weighted by atomic mass is 19.1. The zero-order valence-electron chi connectivity index (χ0n) is 9.67. The number of benzene rings is 1. The highest BCUT2D eigenvalue weighted by Gasteiger charge is 2.14. The monoisotopic (exact) mass is 225 g/mol. The second-order valence-electron chi connectivity index (χ2n) is 4.12. The Morgan fingerprint density at radius 1 is 1.44 bits per heavy atom. The third-order valence-corrected chi connectivity index (χ3v) is 2.60. The van der Waals surface area contributed by atoms with E-state index in [0.717, 1.165) is 5.56 Å². The second-order valence-corrected chi connectivity index (χ2v) is 4.12. The van der Waals surface area contributed by atoms with Gasteiger partial charge in [-0.05, 0) is 37.0 Å². The SMILES string of the molecule is Cc1cc(CC(C)C(=O)NO)cc(C)c1F. The van der Waals surface area contributed by atoms with Crippen molar-refractivity contribution in [2.24, 2.45) is 5.92 Å². The maximum atomic E-state index is 13.4. The van der Waals surface area contributed by atoms with Gasteiger partial charge in [0.1, 0.15) is 5.82 Å². The van der Waals surface area contributed by atoms with Crippen LogP contribution in [0.3, 0.4) is 0 Å². The van der Waals surface area contributed by atoms with Gasteiger partial charge in [-0.2, -0.15) is 0 Å². The Bertz CT molecular complexity index is 381. The Balaban J connectivity index is 2.86. The summed E-state index contributed by atoms with van der Waals surface area (Å²) in [5, 5.41) is 8.48. The Hall–Kier alpha value is -1.42. The summed E-state index contributed by atoms with van der Waals surface area (Å²) in [5.41, 5.74) is 3.66. The molecule has 1 unspecified atom stereocenters. The average Bonchev–Trinajstić information content (AvgIpc) is 2.24. The summed E-state index contributed by atoms with van der Waals surface area (Å²) in [6.45, 7) is 5.10. The van der Waals surface area contributed by atoms with Crippen molar-refractivity contribution in [2.45, 2.75) is 27.2 Å². The molecule has 2 N–H and O–H groups in total. The number of carbonyl (C=O) groups is 1. The van der Waals surface area contributed by atoms with Crippen LogP contribution in [-0.2, 0) is 11.2 Å². The first-order valence-corrected chi connectivity index (χ1v) is 5.15. The zero-order chi connectivity index (χ0) is 12.3. The first kappa shape index (κ1) is 12.6. The molecule has 0 bridgehead atoms. The van der Waals surface area contributed by atoms with Crippen molar-refractivity contribution in [1.29, 1.82) is 0 Å². The predicted molar refractivity (Wildman–Crippen MR) is 58.7 cm³/mol. The molecule has 0 radical (unpaired) electrons. The van der Waals surface area contributed by atoms with E-state index in [1.807, 2.05) is 0 Å². The molecule has 3 nitrogen and oxygen atoms in total. The smallest absolute Gasteiger partial charge is 0.246 e. The first-order valence-electron chi connectivity index (χ1n) is 5.15. The van der Waals surface area contributed by atoms with Gasteiger partial charge in [-0.1, -0.05) is 19.1 Å². The van der Waals surface area contributed by atoms with Gasteiger partial charge in [-0.15, -0.1) is 0 Å². The molecule has 4 heteroatoms. The fraction of sp³-hybridized carbons (Fsp3) is 0.417. The molecule has 0 saturated heterocycles. The van der Waals surface area contributed by atoms with E-state index in [0.29, 0.717) is 17.5 Å². The Labute approximate surface area is 94.2 Å². The second kappa shape index (κ2) is 5.07. The number of hydroxylamine groups is 1. The number of rotatable bonds is 3. The minimum Gasteiger partial charge on any atom is -0.289 e. The Kier molecular flexibility index (Phi) is 4.01. The molecule has 1 aromatic carbocycles. The van der Waals surface area contributed by atoms with Crippen molar-refractivity contribution in [2.75, 3.05) is 0 Å². The highest BCUT2D eigenvalue weighted by molar-refractivity contribution is 5.77. The lowest BCUT2D eigenvalue weighted by Gasteiger charge is -2.11. The molecule has 1 atom stereocenters. The van der Waals surface area contributed by atoms with Gasteiger partial charge in [-0.25, -0.2) is 9.87 Å². The van der Waals surface area contributed by atoms with Gasteiger partial charge >= 0.3 is 0 Å². The summed E-state index contributed by atoms with van der Waals surface area (Å²) in [7, 11) is 0. The lowest BCUT2D eigenvalue weighted by atomic mass is 9.97. The largest absolute Gasteiger partial charge is 0.289 e. The topological polar surface area (TPSA) is 49.3 Å². The van der Waals surface area contributed by atoms with Crippen molar-refractivity contribution in [3.05, 3.63) is 34.6 Å². The third kappa shape index (κ3) is 2.79. The number of hydrogen-bond donors (Lipinski definition) is 2. The third-order valence-electron chi connectivity index (χ3n) is 2.60. The van der Waals surface area contributed by atoms with Crippen LogP contribution in [0.2, 0.25) is 0 Å². The summed E-state index contributed by atoms with van der Waals surface area (Å²) in [6.07, 6.45) is 0.481. The zero-order valence-corrected chi connectivity index (χ0v) is 9.67. The van der Waals surface area contributed by atoms with Crippen LogP contribution in [0.25, 0.3) is 0 Å². The van der Waals surface area contributed by atoms with E-state index in [4.69, 9.17) is 5.21 Å². The van der Waals surface area contributed by atoms with E-state index in [-0.39, 0.29) is 11.7 Å². The van der Waals surface area contributed by atoms with Gasteiger partial charge in [0.2, 0.25) is 5.91 Å². The molecule has 0 aromatic heterocycles. The molecule has 0 spiro atoms. The quantitative estimate of drug-likeness (QED) is 0.611. The van der Waals surface area contributed by atoms with Gasteiger partial charge in [0.15, 0.2) is 0 Å². The molecule has 1 aromatic rings. The van der Waals surface area contributed by atoms with Crippen molar-refractivity contribution >= 4 is 5.91 Å². The van der Waals surface area contributed by atoms with Crippen molar-refractivity contribution < 1.29 is 14.4 Å². The van der Waals surface area contributed by atoms with E-state index in [1.165, 1.54) is 0 Å². The molecule has 0 saturated carbocycles. The minimum absolute atomic E-state index is 0.206. The number of amides is 1. The number of aryl methyl sites for hydroxylation is 2. The number of halogens is 1. The van der Waals surface area contributed by atoms with Gasteiger partial charge in [-0.3, -0.25) is 10.0 Å². The molecular formula is C12H16FNO2. The standard InChI is InChI=1S/C12H16FNO2/c1-7-4-10(5-8(2)11(7)13)6-9(3)12(15)14-16/h4-5,9,16H,6H2,1-3H3,(H,14,15). The maximum Gasteiger partial charge on any atom is 0.246 e. The highest BCUT2D eigenvalue weighted by Crippen LogP contribution is 2.17. The summed E-state index contributed by atoms with van der Waals surface area (Å²) < 4.78 is 13.4. The van der Waals surface area contributed by atoms with Crippen molar-refractivity contribution in [3.8, 4) is 0 Å². The molecular weight excluding hydrogens is 209 g/mol. The van der Waals surface area contributed by atoms with E-state index < -0.39 is 5.91 Å². The van der Waals surface area contributed by atoms with Crippen LogP contribution >= 0.6 is 0 Å². The molecule has 0 heterocycles. The number of carbonyl (C=O) groups excluding carboxylic acids is 1. The number of hydrogen-bond acceptors (Lipinski definition) is 2. The lowest BCUT2D eigenvalue weighted by molar-refractivity contribution is -0.132. The van der Waals surface area contributed by atoms with Crippen LogP contribution in [0.5, 0.6) is 0 Å². The summed E-state index contributed by atoms with van der Waals surface area (Å²) in [5.74, 6) is -0.975. The molecule has 16 heavy (non-hydrogen) atoms. The van der Waals surface area contributed by atoms with Gasteiger partial charge in [0, 0.05) is 5.92 Å². The van der Waals surface area contributed by atoms with Gasteiger partial charge in [0.05, 0.1) is 0 Å². The van der Waals surface area contributed by atoms with Crippen molar-refractivity contribution in [1.82, 2.24) is 5.48 Å².